The molecule has 7 heteroatoms. The second-order valence-corrected chi connectivity index (χ2v) is 5.79. The van der Waals surface area contributed by atoms with Gasteiger partial charge in [0.2, 0.25) is 5.13 Å². The number of rotatable bonds is 4. The van der Waals surface area contributed by atoms with Gasteiger partial charge in [-0.15, -0.1) is 10.2 Å². The minimum atomic E-state index is -0.155. The molecular weight excluding hydrogens is 262 g/mol. The Bertz CT molecular complexity index is 631. The van der Waals surface area contributed by atoms with Gasteiger partial charge in [0.15, 0.2) is 5.01 Å². The number of anilines is 1. The molecule has 0 saturated heterocycles. The molecule has 2 aromatic rings. The summed E-state index contributed by atoms with van der Waals surface area (Å²) in [6.45, 7) is 6.93. The van der Waals surface area contributed by atoms with Crippen molar-refractivity contribution in [2.75, 3.05) is 11.9 Å². The molecule has 102 valence electrons. The molecule has 6 nitrogen and oxygen atoms in total. The molecule has 0 aliphatic carbocycles. The molecule has 0 bridgehead atoms. The van der Waals surface area contributed by atoms with Gasteiger partial charge in [-0.3, -0.25) is 4.79 Å². The fourth-order valence-electron chi connectivity index (χ4n) is 1.60. The maximum atomic E-state index is 12.0. The molecule has 0 atom stereocenters. The van der Waals surface area contributed by atoms with E-state index >= 15 is 0 Å². The summed E-state index contributed by atoms with van der Waals surface area (Å²) in [5.74, 6) is 0.531. The van der Waals surface area contributed by atoms with Crippen molar-refractivity contribution >= 4 is 16.5 Å². The lowest BCUT2D eigenvalue weighted by molar-refractivity contribution is 0.687. The predicted molar refractivity (Wildman–Crippen MR) is 76.4 cm³/mol. The van der Waals surface area contributed by atoms with Crippen molar-refractivity contribution in [2.24, 2.45) is 13.0 Å². The van der Waals surface area contributed by atoms with Crippen molar-refractivity contribution in [2.45, 2.75) is 20.8 Å². The highest BCUT2D eigenvalue weighted by Gasteiger charge is 2.12. The van der Waals surface area contributed by atoms with E-state index in [2.05, 4.69) is 34.5 Å². The number of aromatic nitrogens is 4. The standard InChI is InChI=1S/C12H17N5OS/c1-7(2)6-13-12-15-14-10(19-12)9-5-8(3)16-17(4)11(9)18/h5,7H,6H2,1-4H3,(H,13,15). The van der Waals surface area contributed by atoms with Crippen molar-refractivity contribution in [3.8, 4) is 10.6 Å². The van der Waals surface area contributed by atoms with Crippen LogP contribution < -0.4 is 10.9 Å². The molecule has 1 N–H and O–H groups in total. The molecular formula is C12H17N5OS. The molecule has 0 amide bonds. The maximum Gasteiger partial charge on any atom is 0.276 e. The van der Waals surface area contributed by atoms with Gasteiger partial charge in [-0.25, -0.2) is 4.68 Å². The van der Waals surface area contributed by atoms with Crippen LogP contribution in [0, 0.1) is 12.8 Å². The molecule has 2 rings (SSSR count). The zero-order valence-corrected chi connectivity index (χ0v) is 12.3. The number of hydrogen-bond acceptors (Lipinski definition) is 6. The van der Waals surface area contributed by atoms with Gasteiger partial charge in [0, 0.05) is 13.6 Å². The quantitative estimate of drug-likeness (QED) is 0.921. The number of nitrogens with zero attached hydrogens (tertiary/aromatic N) is 4. The van der Waals surface area contributed by atoms with Gasteiger partial charge in [0.05, 0.1) is 11.3 Å². The Morgan fingerprint density at radius 2 is 2.16 bits per heavy atom. The SMILES string of the molecule is Cc1cc(-c2nnc(NCC(C)C)s2)c(=O)n(C)n1. The van der Waals surface area contributed by atoms with Crippen LogP contribution in [0.25, 0.3) is 10.6 Å². The highest BCUT2D eigenvalue weighted by Crippen LogP contribution is 2.24. The molecule has 0 aromatic carbocycles. The van der Waals surface area contributed by atoms with Crippen molar-refractivity contribution in [3.63, 3.8) is 0 Å². The van der Waals surface area contributed by atoms with E-state index in [1.807, 2.05) is 6.92 Å². The summed E-state index contributed by atoms with van der Waals surface area (Å²) in [5.41, 5.74) is 1.17. The first-order chi connectivity index (χ1) is 8.97. The molecule has 0 aliphatic heterocycles. The third-order valence-electron chi connectivity index (χ3n) is 2.50. The summed E-state index contributed by atoms with van der Waals surface area (Å²) in [7, 11) is 1.64. The lowest BCUT2D eigenvalue weighted by Crippen LogP contribution is -2.21. The van der Waals surface area contributed by atoms with E-state index in [0.717, 1.165) is 17.4 Å². The summed E-state index contributed by atoms with van der Waals surface area (Å²) in [5, 5.41) is 16.8. The smallest absolute Gasteiger partial charge is 0.276 e. The predicted octanol–water partition coefficient (Wildman–Crippen LogP) is 1.68. The molecule has 2 heterocycles. The van der Waals surface area contributed by atoms with Crippen molar-refractivity contribution < 1.29 is 0 Å². The first-order valence-corrected chi connectivity index (χ1v) is 6.91. The highest BCUT2D eigenvalue weighted by molar-refractivity contribution is 7.18. The fraction of sp³-hybridized carbons (Fsp3) is 0.500. The van der Waals surface area contributed by atoms with E-state index < -0.39 is 0 Å². The van der Waals surface area contributed by atoms with Crippen molar-refractivity contribution in [1.82, 2.24) is 20.0 Å². The van der Waals surface area contributed by atoms with Crippen molar-refractivity contribution in [3.05, 3.63) is 22.1 Å². The average Bonchev–Trinajstić information content (AvgIpc) is 2.79. The normalized spacial score (nSPS) is 11.0. The lowest BCUT2D eigenvalue weighted by atomic mass is 10.2. The highest BCUT2D eigenvalue weighted by atomic mass is 32.1. The van der Waals surface area contributed by atoms with Crippen LogP contribution in [0.1, 0.15) is 19.5 Å². The first kappa shape index (κ1) is 13.7. The van der Waals surface area contributed by atoms with E-state index in [4.69, 9.17) is 0 Å². The van der Waals surface area contributed by atoms with Crippen molar-refractivity contribution in [1.29, 1.82) is 0 Å². The zero-order valence-electron chi connectivity index (χ0n) is 11.5. The van der Waals surface area contributed by atoms with Gasteiger partial charge >= 0.3 is 0 Å². The van der Waals surface area contributed by atoms with E-state index in [-0.39, 0.29) is 5.56 Å². The van der Waals surface area contributed by atoms with Crippen LogP contribution in [0.15, 0.2) is 10.9 Å². The van der Waals surface area contributed by atoms with Gasteiger partial charge in [-0.1, -0.05) is 25.2 Å². The van der Waals surface area contributed by atoms with E-state index in [0.29, 0.717) is 16.5 Å². The maximum absolute atomic E-state index is 12.0. The Labute approximate surface area is 115 Å². The Balaban J connectivity index is 2.30. The largest absolute Gasteiger partial charge is 0.360 e. The molecule has 0 spiro atoms. The summed E-state index contributed by atoms with van der Waals surface area (Å²) >= 11 is 1.39. The third-order valence-corrected chi connectivity index (χ3v) is 3.42. The van der Waals surface area contributed by atoms with Gasteiger partial charge < -0.3 is 5.32 Å². The van der Waals surface area contributed by atoms with Crippen LogP contribution in [0.3, 0.4) is 0 Å². The summed E-state index contributed by atoms with van der Waals surface area (Å²) in [4.78, 5) is 12.0. The molecule has 0 aliphatic rings. The van der Waals surface area contributed by atoms with Crippen LogP contribution in [0.4, 0.5) is 5.13 Å². The summed E-state index contributed by atoms with van der Waals surface area (Å²) in [6.07, 6.45) is 0. The topological polar surface area (TPSA) is 72.7 Å². The van der Waals surface area contributed by atoms with E-state index in [1.165, 1.54) is 16.0 Å². The van der Waals surface area contributed by atoms with Crippen LogP contribution in [0.5, 0.6) is 0 Å². The molecule has 0 saturated carbocycles. The van der Waals surface area contributed by atoms with Crippen LogP contribution in [-0.4, -0.2) is 26.5 Å². The van der Waals surface area contributed by atoms with Gasteiger partial charge in [-0.05, 0) is 18.9 Å². The molecule has 2 aromatic heterocycles. The third kappa shape index (κ3) is 3.17. The minimum Gasteiger partial charge on any atom is -0.360 e. The number of hydrogen-bond donors (Lipinski definition) is 1. The van der Waals surface area contributed by atoms with Gasteiger partial charge in [0.1, 0.15) is 0 Å². The molecule has 0 fully saturated rings. The lowest BCUT2D eigenvalue weighted by Gasteiger charge is -2.03. The second kappa shape index (κ2) is 5.48. The Hall–Kier alpha value is -1.76. The summed E-state index contributed by atoms with van der Waals surface area (Å²) < 4.78 is 1.33. The Kier molecular flexibility index (Phi) is 3.94. The monoisotopic (exact) mass is 279 g/mol. The number of aryl methyl sites for hydroxylation is 2. The summed E-state index contributed by atoms with van der Waals surface area (Å²) in [6, 6.07) is 1.75. The van der Waals surface area contributed by atoms with Crippen LogP contribution in [0.2, 0.25) is 0 Å². The van der Waals surface area contributed by atoms with Crippen LogP contribution >= 0.6 is 11.3 Å². The zero-order chi connectivity index (χ0) is 14.0. The number of nitrogens with one attached hydrogen (secondary N) is 1. The Morgan fingerprint density at radius 1 is 1.42 bits per heavy atom. The van der Waals surface area contributed by atoms with Crippen LogP contribution in [-0.2, 0) is 7.05 Å². The average molecular weight is 279 g/mol. The Morgan fingerprint density at radius 3 is 2.84 bits per heavy atom. The molecule has 0 unspecified atom stereocenters. The minimum absolute atomic E-state index is 0.155. The molecule has 19 heavy (non-hydrogen) atoms. The second-order valence-electron chi connectivity index (χ2n) is 4.82. The first-order valence-electron chi connectivity index (χ1n) is 6.10. The van der Waals surface area contributed by atoms with E-state index in [9.17, 15) is 4.79 Å². The van der Waals surface area contributed by atoms with Gasteiger partial charge in [0.25, 0.3) is 5.56 Å². The molecule has 0 radical (unpaired) electrons. The van der Waals surface area contributed by atoms with Gasteiger partial charge in [-0.2, -0.15) is 5.10 Å². The van der Waals surface area contributed by atoms with E-state index in [1.54, 1.807) is 13.1 Å². The fourth-order valence-corrected chi connectivity index (χ4v) is 2.36.